The highest BCUT2D eigenvalue weighted by Crippen LogP contribution is 2.25. The molecular weight excluding hydrogens is 583 g/mol. The van der Waals surface area contributed by atoms with Gasteiger partial charge in [0.15, 0.2) is 0 Å². The van der Waals surface area contributed by atoms with Crippen LogP contribution in [0.4, 0.5) is 5.69 Å². The van der Waals surface area contributed by atoms with Gasteiger partial charge in [0.25, 0.3) is 0 Å². The van der Waals surface area contributed by atoms with Crippen LogP contribution in [-0.4, -0.2) is 62.7 Å². The Balaban J connectivity index is 2.07. The number of hydrogen-bond donors (Lipinski definition) is 1. The van der Waals surface area contributed by atoms with E-state index in [1.165, 1.54) is 19.0 Å². The molecule has 220 valence electrons. The SMILES string of the molecule is CCCCNC(=O)[C@H](Cc1ccccc1)N(Cc1ccc(Cl)c(Cl)c1)C(=O)CN(c1ccccc1)S(=O)(=O)N(C)C. The van der Waals surface area contributed by atoms with Crippen molar-refractivity contribution in [1.29, 1.82) is 0 Å². The maximum absolute atomic E-state index is 14.2. The lowest BCUT2D eigenvalue weighted by molar-refractivity contribution is -0.140. The van der Waals surface area contributed by atoms with Gasteiger partial charge in [-0.25, -0.2) is 4.31 Å². The largest absolute Gasteiger partial charge is 0.354 e. The number of anilines is 1. The van der Waals surface area contributed by atoms with E-state index in [9.17, 15) is 18.0 Å². The molecule has 0 heterocycles. The van der Waals surface area contributed by atoms with Gasteiger partial charge in [0.05, 0.1) is 15.7 Å². The third-order valence-electron chi connectivity index (χ3n) is 6.50. The number of unbranched alkanes of at least 4 members (excludes halogenated alkanes) is 1. The van der Waals surface area contributed by atoms with Crippen molar-refractivity contribution in [3.8, 4) is 0 Å². The van der Waals surface area contributed by atoms with Gasteiger partial charge in [-0.15, -0.1) is 0 Å². The van der Waals surface area contributed by atoms with Crippen molar-refractivity contribution in [2.75, 3.05) is 31.5 Å². The number of carbonyl (C=O) groups excluding carboxylic acids is 2. The highest BCUT2D eigenvalue weighted by molar-refractivity contribution is 7.90. The van der Waals surface area contributed by atoms with Crippen LogP contribution in [0.5, 0.6) is 0 Å². The van der Waals surface area contributed by atoms with Crippen LogP contribution in [0.3, 0.4) is 0 Å². The lowest BCUT2D eigenvalue weighted by Crippen LogP contribution is -2.54. The number of rotatable bonds is 14. The van der Waals surface area contributed by atoms with Crippen LogP contribution in [-0.2, 0) is 32.8 Å². The quantitative estimate of drug-likeness (QED) is 0.253. The molecule has 0 aliphatic rings. The Bertz CT molecular complexity index is 1410. The summed E-state index contributed by atoms with van der Waals surface area (Å²) in [5, 5.41) is 3.63. The van der Waals surface area contributed by atoms with Crippen LogP contribution in [0.25, 0.3) is 0 Å². The van der Waals surface area contributed by atoms with Gasteiger partial charge in [-0.3, -0.25) is 9.59 Å². The molecule has 0 saturated carbocycles. The van der Waals surface area contributed by atoms with Gasteiger partial charge in [-0.05, 0) is 41.8 Å². The van der Waals surface area contributed by atoms with Gasteiger partial charge in [0, 0.05) is 33.6 Å². The van der Waals surface area contributed by atoms with E-state index in [-0.39, 0.29) is 18.9 Å². The summed E-state index contributed by atoms with van der Waals surface area (Å²) in [6, 6.07) is 21.9. The molecule has 2 amide bonds. The van der Waals surface area contributed by atoms with Crippen LogP contribution in [0.2, 0.25) is 10.0 Å². The highest BCUT2D eigenvalue weighted by atomic mass is 35.5. The number of benzene rings is 3. The smallest absolute Gasteiger partial charge is 0.304 e. The lowest BCUT2D eigenvalue weighted by Gasteiger charge is -2.34. The van der Waals surface area contributed by atoms with Crippen LogP contribution in [0, 0.1) is 0 Å². The molecule has 3 aromatic rings. The van der Waals surface area contributed by atoms with E-state index in [0.717, 1.165) is 27.0 Å². The summed E-state index contributed by atoms with van der Waals surface area (Å²) in [5.41, 5.74) is 1.83. The standard InChI is InChI=1S/C30H36Cl2N4O4S/c1-4-5-18-33-30(38)28(20-23-12-8-6-9-13-23)35(21-24-16-17-26(31)27(32)19-24)29(37)22-36(41(39,40)34(2)3)25-14-10-7-11-15-25/h6-17,19,28H,4-5,18,20-22H2,1-3H3,(H,33,38)/t28-/m0/s1. The third kappa shape index (κ3) is 8.94. The molecule has 1 atom stereocenters. The van der Waals surface area contributed by atoms with E-state index < -0.39 is 28.7 Å². The first-order valence-electron chi connectivity index (χ1n) is 13.3. The molecule has 3 rings (SSSR count). The zero-order valence-corrected chi connectivity index (χ0v) is 25.8. The van der Waals surface area contributed by atoms with Gasteiger partial charge in [-0.1, -0.05) is 91.1 Å². The number of carbonyl (C=O) groups is 2. The van der Waals surface area contributed by atoms with E-state index in [4.69, 9.17) is 23.2 Å². The molecule has 0 aliphatic heterocycles. The zero-order valence-electron chi connectivity index (χ0n) is 23.5. The van der Waals surface area contributed by atoms with Crippen molar-refractivity contribution < 1.29 is 18.0 Å². The summed E-state index contributed by atoms with van der Waals surface area (Å²) in [4.78, 5) is 29.3. The minimum absolute atomic E-state index is 0.0130. The Labute approximate surface area is 253 Å². The first-order valence-corrected chi connectivity index (χ1v) is 15.5. The third-order valence-corrected chi connectivity index (χ3v) is 9.06. The van der Waals surface area contributed by atoms with Gasteiger partial charge >= 0.3 is 10.2 Å². The minimum Gasteiger partial charge on any atom is -0.354 e. The summed E-state index contributed by atoms with van der Waals surface area (Å²) in [7, 11) is -1.24. The Morgan fingerprint density at radius 2 is 1.51 bits per heavy atom. The van der Waals surface area contributed by atoms with Crippen molar-refractivity contribution in [3.05, 3.63) is 100 Å². The van der Waals surface area contributed by atoms with Gasteiger partial charge in [0.1, 0.15) is 12.6 Å². The van der Waals surface area contributed by atoms with Crippen LogP contribution >= 0.6 is 23.2 Å². The summed E-state index contributed by atoms with van der Waals surface area (Å²) in [6.45, 7) is 1.98. The van der Waals surface area contributed by atoms with Crippen LogP contribution < -0.4 is 9.62 Å². The number of para-hydroxylation sites is 1. The fourth-order valence-electron chi connectivity index (χ4n) is 4.21. The lowest BCUT2D eigenvalue weighted by atomic mass is 10.0. The van der Waals surface area contributed by atoms with Crippen LogP contribution in [0.15, 0.2) is 78.9 Å². The van der Waals surface area contributed by atoms with Gasteiger partial charge < -0.3 is 10.2 Å². The highest BCUT2D eigenvalue weighted by Gasteiger charge is 2.34. The van der Waals surface area contributed by atoms with Crippen molar-refractivity contribution in [1.82, 2.24) is 14.5 Å². The number of nitrogens with one attached hydrogen (secondary N) is 1. The Kier molecular flexibility index (Phi) is 12.0. The summed E-state index contributed by atoms with van der Waals surface area (Å²) in [6.07, 6.45) is 1.91. The van der Waals surface area contributed by atoms with Crippen molar-refractivity contribution in [3.63, 3.8) is 0 Å². The molecule has 8 nitrogen and oxygen atoms in total. The molecule has 1 N–H and O–H groups in total. The molecule has 0 fully saturated rings. The Morgan fingerprint density at radius 1 is 0.878 bits per heavy atom. The average molecular weight is 620 g/mol. The van der Waals surface area contributed by atoms with Gasteiger partial charge in [0.2, 0.25) is 11.8 Å². The van der Waals surface area contributed by atoms with Crippen molar-refractivity contribution in [2.24, 2.45) is 0 Å². The van der Waals surface area contributed by atoms with Crippen molar-refractivity contribution >= 4 is 50.9 Å². The molecule has 3 aromatic carbocycles. The normalized spacial score (nSPS) is 12.1. The number of hydrogen-bond acceptors (Lipinski definition) is 4. The number of halogens is 2. The average Bonchev–Trinajstić information content (AvgIpc) is 2.96. The first kappa shape index (κ1) is 32.4. The zero-order chi connectivity index (χ0) is 30.0. The van der Waals surface area contributed by atoms with E-state index in [1.807, 2.05) is 37.3 Å². The molecule has 0 radical (unpaired) electrons. The Hall–Kier alpha value is -3.11. The molecule has 0 unspecified atom stereocenters. The molecule has 0 aliphatic carbocycles. The second-order valence-corrected chi connectivity index (χ2v) is 12.6. The molecule has 41 heavy (non-hydrogen) atoms. The molecular formula is C30H36Cl2N4O4S. The van der Waals surface area contributed by atoms with Crippen molar-refractivity contribution in [2.45, 2.75) is 38.8 Å². The molecule has 0 bridgehead atoms. The molecule has 0 aromatic heterocycles. The fourth-order valence-corrected chi connectivity index (χ4v) is 5.58. The van der Waals surface area contributed by atoms with E-state index in [2.05, 4.69) is 5.32 Å². The predicted octanol–water partition coefficient (Wildman–Crippen LogP) is 5.16. The summed E-state index contributed by atoms with van der Waals surface area (Å²) < 4.78 is 28.8. The van der Waals surface area contributed by atoms with Crippen LogP contribution in [0.1, 0.15) is 30.9 Å². The van der Waals surface area contributed by atoms with E-state index in [1.54, 1.807) is 48.5 Å². The van der Waals surface area contributed by atoms with E-state index in [0.29, 0.717) is 27.8 Å². The number of amides is 2. The summed E-state index contributed by atoms with van der Waals surface area (Å²) >= 11 is 12.4. The maximum atomic E-state index is 14.2. The number of nitrogens with zero attached hydrogens (tertiary/aromatic N) is 3. The molecule has 11 heteroatoms. The predicted molar refractivity (Wildman–Crippen MR) is 165 cm³/mol. The minimum atomic E-state index is -4.05. The summed E-state index contributed by atoms with van der Waals surface area (Å²) in [5.74, 6) is -0.866. The topological polar surface area (TPSA) is 90.0 Å². The monoisotopic (exact) mass is 618 g/mol. The molecule has 0 saturated heterocycles. The maximum Gasteiger partial charge on any atom is 0.304 e. The second-order valence-electron chi connectivity index (χ2n) is 9.75. The second kappa shape index (κ2) is 15.2. The van der Waals surface area contributed by atoms with Gasteiger partial charge in [-0.2, -0.15) is 12.7 Å². The van der Waals surface area contributed by atoms with E-state index >= 15 is 0 Å². The molecule has 0 spiro atoms. The first-order chi connectivity index (χ1) is 19.5. The fraction of sp³-hybridized carbons (Fsp3) is 0.333. The Morgan fingerprint density at radius 3 is 2.10 bits per heavy atom.